The Hall–Kier alpha value is -2.49. The lowest BCUT2D eigenvalue weighted by molar-refractivity contribution is 0.252. The van der Waals surface area contributed by atoms with Crippen LogP contribution >= 0.6 is 23.2 Å². The second-order valence-corrected chi connectivity index (χ2v) is 6.65. The summed E-state index contributed by atoms with van der Waals surface area (Å²) >= 11 is 11.9. The molecule has 0 bridgehead atoms. The summed E-state index contributed by atoms with van der Waals surface area (Å²) in [5.41, 5.74) is 2.88. The van der Waals surface area contributed by atoms with Gasteiger partial charge in [-0.1, -0.05) is 83.9 Å². The van der Waals surface area contributed by atoms with Crippen molar-refractivity contribution in [2.45, 2.75) is 5.92 Å². The van der Waals surface area contributed by atoms with Gasteiger partial charge in [-0.25, -0.2) is 4.79 Å². The van der Waals surface area contributed by atoms with E-state index in [1.807, 2.05) is 36.4 Å². The van der Waals surface area contributed by atoms with Crippen LogP contribution < -0.4 is 10.6 Å². The summed E-state index contributed by atoms with van der Waals surface area (Å²) in [6.45, 7) is 0.473. The Bertz CT molecular complexity index is 830. The van der Waals surface area contributed by atoms with Gasteiger partial charge in [0.15, 0.2) is 0 Å². The molecule has 0 aliphatic rings. The molecule has 3 aromatic carbocycles. The fourth-order valence-corrected chi connectivity index (χ4v) is 3.04. The van der Waals surface area contributed by atoms with Crippen molar-refractivity contribution >= 4 is 34.9 Å². The molecule has 132 valence electrons. The number of nitrogens with one attached hydrogen (secondary N) is 2. The van der Waals surface area contributed by atoms with Crippen molar-refractivity contribution in [2.75, 3.05) is 11.9 Å². The van der Waals surface area contributed by atoms with Crippen LogP contribution in [0.15, 0.2) is 78.9 Å². The van der Waals surface area contributed by atoms with Crippen molar-refractivity contribution in [3.63, 3.8) is 0 Å². The predicted octanol–water partition coefficient (Wildman–Crippen LogP) is 5.95. The van der Waals surface area contributed by atoms with Gasteiger partial charge in [-0.3, -0.25) is 0 Å². The number of anilines is 1. The predicted molar refractivity (Wildman–Crippen MR) is 108 cm³/mol. The first-order chi connectivity index (χ1) is 12.6. The van der Waals surface area contributed by atoms with E-state index in [1.54, 1.807) is 18.2 Å². The summed E-state index contributed by atoms with van der Waals surface area (Å²) in [5, 5.41) is 6.56. The maximum atomic E-state index is 12.3. The molecular formula is C21H18Cl2N2O. The molecule has 0 aromatic heterocycles. The highest BCUT2D eigenvalue weighted by molar-refractivity contribution is 6.42. The molecule has 3 rings (SSSR count). The summed E-state index contributed by atoms with van der Waals surface area (Å²) in [7, 11) is 0. The van der Waals surface area contributed by atoms with Crippen molar-refractivity contribution < 1.29 is 4.79 Å². The minimum absolute atomic E-state index is 0.0666. The van der Waals surface area contributed by atoms with Crippen LogP contribution in [0, 0.1) is 0 Å². The fourth-order valence-electron chi connectivity index (χ4n) is 2.74. The SMILES string of the molecule is O=C(NCC(c1ccccc1)c1ccccc1)Nc1ccc(Cl)c(Cl)c1. The molecule has 0 aliphatic heterocycles. The van der Waals surface area contributed by atoms with Crippen molar-refractivity contribution in [3.05, 3.63) is 100 Å². The molecule has 26 heavy (non-hydrogen) atoms. The molecule has 0 saturated heterocycles. The number of benzene rings is 3. The molecule has 0 atom stereocenters. The number of urea groups is 1. The quantitative estimate of drug-likeness (QED) is 0.560. The average Bonchev–Trinajstić information content (AvgIpc) is 2.67. The zero-order valence-electron chi connectivity index (χ0n) is 14.0. The highest BCUT2D eigenvalue weighted by Crippen LogP contribution is 2.25. The Morgan fingerprint density at radius 3 is 1.92 bits per heavy atom. The molecule has 0 radical (unpaired) electrons. The third kappa shape index (κ3) is 4.78. The van der Waals surface area contributed by atoms with E-state index in [1.165, 1.54) is 0 Å². The zero-order valence-corrected chi connectivity index (χ0v) is 15.5. The molecule has 0 heterocycles. The topological polar surface area (TPSA) is 41.1 Å². The highest BCUT2D eigenvalue weighted by Gasteiger charge is 2.15. The maximum Gasteiger partial charge on any atom is 0.319 e. The lowest BCUT2D eigenvalue weighted by Gasteiger charge is -2.19. The number of carbonyl (C=O) groups excluding carboxylic acids is 1. The molecule has 0 aliphatic carbocycles. The number of halogens is 2. The number of amides is 2. The second kappa shape index (κ2) is 8.75. The summed E-state index contributed by atoms with van der Waals surface area (Å²) in [5.74, 6) is 0.0666. The van der Waals surface area contributed by atoms with Crippen molar-refractivity contribution in [3.8, 4) is 0 Å². The van der Waals surface area contributed by atoms with Crippen LogP contribution in [-0.2, 0) is 0 Å². The Kier molecular flexibility index (Phi) is 6.16. The monoisotopic (exact) mass is 384 g/mol. The van der Waals surface area contributed by atoms with E-state index in [0.29, 0.717) is 22.3 Å². The van der Waals surface area contributed by atoms with E-state index in [9.17, 15) is 4.79 Å². The molecule has 0 fully saturated rings. The van der Waals surface area contributed by atoms with Crippen LogP contribution in [0.1, 0.15) is 17.0 Å². The van der Waals surface area contributed by atoms with Crippen LogP contribution in [0.3, 0.4) is 0 Å². The van der Waals surface area contributed by atoms with Crippen LogP contribution in [-0.4, -0.2) is 12.6 Å². The van der Waals surface area contributed by atoms with Crippen LogP contribution in [0.2, 0.25) is 10.0 Å². The first-order valence-electron chi connectivity index (χ1n) is 8.23. The fraction of sp³-hybridized carbons (Fsp3) is 0.0952. The molecular weight excluding hydrogens is 367 g/mol. The Morgan fingerprint density at radius 2 is 1.38 bits per heavy atom. The van der Waals surface area contributed by atoms with Gasteiger partial charge in [-0.2, -0.15) is 0 Å². The third-order valence-corrected chi connectivity index (χ3v) is 4.79. The largest absolute Gasteiger partial charge is 0.337 e. The van der Waals surface area contributed by atoms with E-state index < -0.39 is 0 Å². The molecule has 3 nitrogen and oxygen atoms in total. The first-order valence-corrected chi connectivity index (χ1v) is 8.99. The van der Waals surface area contributed by atoms with Crippen molar-refractivity contribution in [1.29, 1.82) is 0 Å². The van der Waals surface area contributed by atoms with E-state index in [2.05, 4.69) is 34.9 Å². The van der Waals surface area contributed by atoms with E-state index in [0.717, 1.165) is 11.1 Å². The normalized spacial score (nSPS) is 10.6. The molecule has 2 amide bonds. The van der Waals surface area contributed by atoms with E-state index in [4.69, 9.17) is 23.2 Å². The standard InChI is InChI=1S/C21H18Cl2N2O/c22-19-12-11-17(13-20(19)23)25-21(26)24-14-18(15-7-3-1-4-8-15)16-9-5-2-6-10-16/h1-13,18H,14H2,(H2,24,25,26). The van der Waals surface area contributed by atoms with Gasteiger partial charge in [0.2, 0.25) is 0 Å². The molecule has 0 unspecified atom stereocenters. The second-order valence-electron chi connectivity index (χ2n) is 5.84. The van der Waals surface area contributed by atoms with Crippen LogP contribution in [0.25, 0.3) is 0 Å². The number of rotatable bonds is 5. The summed E-state index contributed by atoms with van der Waals surface area (Å²) < 4.78 is 0. The van der Waals surface area contributed by atoms with E-state index in [-0.39, 0.29) is 11.9 Å². The minimum atomic E-state index is -0.291. The molecule has 2 N–H and O–H groups in total. The van der Waals surface area contributed by atoms with Crippen molar-refractivity contribution in [2.24, 2.45) is 0 Å². The molecule has 3 aromatic rings. The first kappa shape index (κ1) is 18.3. The Labute approximate surface area is 163 Å². The minimum Gasteiger partial charge on any atom is -0.337 e. The molecule has 0 spiro atoms. The lowest BCUT2D eigenvalue weighted by atomic mass is 9.91. The lowest BCUT2D eigenvalue weighted by Crippen LogP contribution is -2.32. The highest BCUT2D eigenvalue weighted by atomic mass is 35.5. The van der Waals surface area contributed by atoms with Crippen LogP contribution in [0.5, 0.6) is 0 Å². The Morgan fingerprint density at radius 1 is 0.808 bits per heavy atom. The summed E-state index contributed by atoms with van der Waals surface area (Å²) in [4.78, 5) is 12.3. The van der Waals surface area contributed by atoms with Gasteiger partial charge in [0, 0.05) is 18.2 Å². The van der Waals surface area contributed by atoms with Gasteiger partial charge in [0.1, 0.15) is 0 Å². The van der Waals surface area contributed by atoms with Gasteiger partial charge >= 0.3 is 6.03 Å². The zero-order chi connectivity index (χ0) is 18.4. The molecule has 5 heteroatoms. The third-order valence-electron chi connectivity index (χ3n) is 4.05. The van der Waals surface area contributed by atoms with Gasteiger partial charge in [0.25, 0.3) is 0 Å². The number of hydrogen-bond acceptors (Lipinski definition) is 1. The number of carbonyl (C=O) groups is 1. The number of hydrogen-bond donors (Lipinski definition) is 2. The molecule has 0 saturated carbocycles. The van der Waals surface area contributed by atoms with Gasteiger partial charge in [0.05, 0.1) is 10.0 Å². The van der Waals surface area contributed by atoms with Gasteiger partial charge in [-0.05, 0) is 29.3 Å². The van der Waals surface area contributed by atoms with E-state index >= 15 is 0 Å². The summed E-state index contributed by atoms with van der Waals surface area (Å²) in [6.07, 6.45) is 0. The summed E-state index contributed by atoms with van der Waals surface area (Å²) in [6, 6.07) is 24.9. The Balaban J connectivity index is 1.69. The van der Waals surface area contributed by atoms with Crippen LogP contribution in [0.4, 0.5) is 10.5 Å². The smallest absolute Gasteiger partial charge is 0.319 e. The average molecular weight is 385 g/mol. The van der Waals surface area contributed by atoms with Crippen molar-refractivity contribution in [1.82, 2.24) is 5.32 Å². The van der Waals surface area contributed by atoms with Gasteiger partial charge in [-0.15, -0.1) is 0 Å². The maximum absolute atomic E-state index is 12.3. The van der Waals surface area contributed by atoms with Gasteiger partial charge < -0.3 is 10.6 Å².